The average molecular weight is 400 g/mol. The van der Waals surface area contributed by atoms with Crippen molar-refractivity contribution in [2.75, 3.05) is 13.2 Å². The van der Waals surface area contributed by atoms with Gasteiger partial charge in [-0.3, -0.25) is 10.1 Å². The molecule has 2 aromatic rings. The standard InChI is InChI=1S/C24H33NO4/c26-25(27)22-16-18-24(19-17-22)29-21-13-8-6-4-2-1-3-5-7-12-20-28-23-14-10-9-11-15-23/h9-11,14-19H,1-8,12-13,20-21H2. The van der Waals surface area contributed by atoms with Crippen molar-refractivity contribution in [1.82, 2.24) is 0 Å². The van der Waals surface area contributed by atoms with E-state index in [-0.39, 0.29) is 5.69 Å². The van der Waals surface area contributed by atoms with Gasteiger partial charge in [-0.05, 0) is 37.1 Å². The molecular formula is C24H33NO4. The van der Waals surface area contributed by atoms with Gasteiger partial charge >= 0.3 is 0 Å². The summed E-state index contributed by atoms with van der Waals surface area (Å²) in [4.78, 5) is 10.2. The molecule has 2 rings (SSSR count). The molecular weight excluding hydrogens is 366 g/mol. The minimum atomic E-state index is -0.399. The Balaban J connectivity index is 1.32. The topological polar surface area (TPSA) is 61.6 Å². The van der Waals surface area contributed by atoms with E-state index in [1.807, 2.05) is 30.3 Å². The van der Waals surface area contributed by atoms with Gasteiger partial charge in [-0.15, -0.1) is 0 Å². The third-order valence-corrected chi connectivity index (χ3v) is 4.87. The summed E-state index contributed by atoms with van der Waals surface area (Å²) in [7, 11) is 0. The molecule has 29 heavy (non-hydrogen) atoms. The summed E-state index contributed by atoms with van der Waals surface area (Å²) in [6.07, 6.45) is 12.3. The third-order valence-electron chi connectivity index (χ3n) is 4.87. The van der Waals surface area contributed by atoms with Crippen LogP contribution in [-0.2, 0) is 0 Å². The molecule has 0 fully saturated rings. The molecule has 5 heteroatoms. The van der Waals surface area contributed by atoms with Crippen molar-refractivity contribution in [3.05, 3.63) is 64.7 Å². The first-order valence-corrected chi connectivity index (χ1v) is 10.8. The second-order valence-electron chi connectivity index (χ2n) is 7.30. The maximum atomic E-state index is 10.6. The zero-order valence-electron chi connectivity index (χ0n) is 17.3. The monoisotopic (exact) mass is 399 g/mol. The van der Waals surface area contributed by atoms with E-state index in [4.69, 9.17) is 9.47 Å². The molecule has 0 aliphatic heterocycles. The van der Waals surface area contributed by atoms with Crippen LogP contribution in [0.2, 0.25) is 0 Å². The largest absolute Gasteiger partial charge is 0.494 e. The number of hydrogen-bond acceptors (Lipinski definition) is 4. The summed E-state index contributed by atoms with van der Waals surface area (Å²) in [5.41, 5.74) is 0.0952. The number of nitro groups is 1. The van der Waals surface area contributed by atoms with Gasteiger partial charge in [0.05, 0.1) is 18.1 Å². The van der Waals surface area contributed by atoms with Gasteiger partial charge in [-0.2, -0.15) is 0 Å². The van der Waals surface area contributed by atoms with Gasteiger partial charge < -0.3 is 9.47 Å². The molecule has 0 unspecified atom stereocenters. The molecule has 0 saturated carbocycles. The van der Waals surface area contributed by atoms with Crippen LogP contribution in [0.15, 0.2) is 54.6 Å². The lowest BCUT2D eigenvalue weighted by atomic mass is 10.1. The van der Waals surface area contributed by atoms with E-state index < -0.39 is 4.92 Å². The van der Waals surface area contributed by atoms with Gasteiger partial charge in [-0.1, -0.05) is 69.6 Å². The van der Waals surface area contributed by atoms with Crippen molar-refractivity contribution in [1.29, 1.82) is 0 Å². The fourth-order valence-corrected chi connectivity index (χ4v) is 3.18. The lowest BCUT2D eigenvalue weighted by Gasteiger charge is -2.06. The maximum absolute atomic E-state index is 10.6. The number of non-ortho nitro benzene ring substituents is 1. The highest BCUT2D eigenvalue weighted by Crippen LogP contribution is 2.18. The number of nitrogens with zero attached hydrogens (tertiary/aromatic N) is 1. The molecule has 0 atom stereocenters. The minimum Gasteiger partial charge on any atom is -0.494 e. The molecule has 0 aliphatic carbocycles. The van der Waals surface area contributed by atoms with E-state index in [1.54, 1.807) is 12.1 Å². The molecule has 0 radical (unpaired) electrons. The first kappa shape index (κ1) is 22.7. The second kappa shape index (κ2) is 14.4. The van der Waals surface area contributed by atoms with E-state index in [9.17, 15) is 10.1 Å². The van der Waals surface area contributed by atoms with Crippen LogP contribution in [0.1, 0.15) is 64.2 Å². The van der Waals surface area contributed by atoms with Crippen LogP contribution < -0.4 is 9.47 Å². The molecule has 0 bridgehead atoms. The highest BCUT2D eigenvalue weighted by atomic mass is 16.6. The van der Waals surface area contributed by atoms with Crippen molar-refractivity contribution in [3.8, 4) is 11.5 Å². The molecule has 0 aromatic heterocycles. The summed E-state index contributed by atoms with van der Waals surface area (Å²) in [5, 5.41) is 10.6. The number of para-hydroxylation sites is 1. The third kappa shape index (κ3) is 10.5. The van der Waals surface area contributed by atoms with Gasteiger partial charge in [-0.25, -0.2) is 0 Å². The van der Waals surface area contributed by atoms with E-state index in [2.05, 4.69) is 0 Å². The molecule has 0 spiro atoms. The molecule has 0 saturated heterocycles. The van der Waals surface area contributed by atoms with Crippen molar-refractivity contribution >= 4 is 5.69 Å². The Hall–Kier alpha value is -2.56. The summed E-state index contributed by atoms with van der Waals surface area (Å²) in [6.45, 7) is 1.48. The number of benzene rings is 2. The predicted molar refractivity (Wildman–Crippen MR) is 117 cm³/mol. The van der Waals surface area contributed by atoms with Crippen LogP contribution in [-0.4, -0.2) is 18.1 Å². The molecule has 158 valence electrons. The number of ether oxygens (including phenoxy) is 2. The fourth-order valence-electron chi connectivity index (χ4n) is 3.18. The molecule has 2 aromatic carbocycles. The molecule has 0 amide bonds. The second-order valence-corrected chi connectivity index (χ2v) is 7.30. The van der Waals surface area contributed by atoms with E-state index in [1.165, 1.54) is 63.5 Å². The van der Waals surface area contributed by atoms with E-state index >= 15 is 0 Å². The van der Waals surface area contributed by atoms with Gasteiger partial charge in [0.1, 0.15) is 11.5 Å². The molecule has 0 aliphatic rings. The summed E-state index contributed by atoms with van der Waals surface area (Å²) >= 11 is 0. The molecule has 0 heterocycles. The smallest absolute Gasteiger partial charge is 0.269 e. The van der Waals surface area contributed by atoms with Crippen molar-refractivity contribution < 1.29 is 14.4 Å². The van der Waals surface area contributed by atoms with Crippen LogP contribution >= 0.6 is 0 Å². The van der Waals surface area contributed by atoms with E-state index in [0.717, 1.165) is 25.2 Å². The fraction of sp³-hybridized carbons (Fsp3) is 0.500. The first-order valence-electron chi connectivity index (χ1n) is 10.8. The van der Waals surface area contributed by atoms with E-state index in [0.29, 0.717) is 12.4 Å². The number of nitro benzene ring substituents is 1. The van der Waals surface area contributed by atoms with Crippen LogP contribution in [0.4, 0.5) is 5.69 Å². The Morgan fingerprint density at radius 3 is 1.45 bits per heavy atom. The first-order chi connectivity index (χ1) is 14.3. The Labute approximate surface area is 174 Å². The number of unbranched alkanes of at least 4 members (excludes halogenated alkanes) is 9. The van der Waals surface area contributed by atoms with Gasteiger partial charge in [0.15, 0.2) is 0 Å². The Morgan fingerprint density at radius 2 is 1.00 bits per heavy atom. The molecule has 5 nitrogen and oxygen atoms in total. The van der Waals surface area contributed by atoms with Crippen LogP contribution in [0.5, 0.6) is 11.5 Å². The van der Waals surface area contributed by atoms with Crippen LogP contribution in [0.25, 0.3) is 0 Å². The van der Waals surface area contributed by atoms with Crippen LogP contribution in [0, 0.1) is 10.1 Å². The maximum Gasteiger partial charge on any atom is 0.269 e. The van der Waals surface area contributed by atoms with Gasteiger partial charge in [0.25, 0.3) is 5.69 Å². The summed E-state index contributed by atoms with van der Waals surface area (Å²) in [6, 6.07) is 16.3. The van der Waals surface area contributed by atoms with Crippen molar-refractivity contribution in [3.63, 3.8) is 0 Å². The lowest BCUT2D eigenvalue weighted by Crippen LogP contribution is -1.97. The normalized spacial score (nSPS) is 10.6. The molecule has 0 N–H and O–H groups in total. The highest BCUT2D eigenvalue weighted by molar-refractivity contribution is 5.35. The average Bonchev–Trinajstić information content (AvgIpc) is 2.75. The zero-order valence-corrected chi connectivity index (χ0v) is 17.3. The minimum absolute atomic E-state index is 0.0952. The number of rotatable bonds is 16. The zero-order chi connectivity index (χ0) is 20.6. The lowest BCUT2D eigenvalue weighted by molar-refractivity contribution is -0.384. The number of hydrogen-bond donors (Lipinski definition) is 0. The Kier molecular flexibility index (Phi) is 11.3. The van der Waals surface area contributed by atoms with Gasteiger partial charge in [0, 0.05) is 12.1 Å². The predicted octanol–water partition coefficient (Wildman–Crippen LogP) is 6.95. The quantitative estimate of drug-likeness (QED) is 0.174. The summed E-state index contributed by atoms with van der Waals surface area (Å²) < 4.78 is 11.3. The van der Waals surface area contributed by atoms with Crippen molar-refractivity contribution in [2.45, 2.75) is 64.2 Å². The van der Waals surface area contributed by atoms with Crippen LogP contribution in [0.3, 0.4) is 0 Å². The highest BCUT2D eigenvalue weighted by Gasteiger charge is 2.04. The van der Waals surface area contributed by atoms with Gasteiger partial charge in [0.2, 0.25) is 0 Å². The van der Waals surface area contributed by atoms with Crippen molar-refractivity contribution in [2.24, 2.45) is 0 Å². The Bertz CT molecular complexity index is 673. The summed E-state index contributed by atoms with van der Waals surface area (Å²) in [5.74, 6) is 1.66. The Morgan fingerprint density at radius 1 is 0.586 bits per heavy atom. The SMILES string of the molecule is O=[N+]([O-])c1ccc(OCCCCCCCCCCCCOc2ccccc2)cc1.